The maximum atomic E-state index is 12.6. The van der Waals surface area contributed by atoms with E-state index in [1.54, 1.807) is 0 Å². The molecule has 23 heavy (non-hydrogen) atoms. The van der Waals surface area contributed by atoms with Crippen LogP contribution in [0, 0.1) is 0 Å². The number of nitrogens with zero attached hydrogens (tertiary/aromatic N) is 1. The lowest BCUT2D eigenvalue weighted by Crippen LogP contribution is -2.37. The van der Waals surface area contributed by atoms with Crippen molar-refractivity contribution in [2.75, 3.05) is 19.6 Å². The number of rotatable bonds is 5. The Labute approximate surface area is 145 Å². The highest BCUT2D eigenvalue weighted by Crippen LogP contribution is 2.19. The van der Waals surface area contributed by atoms with Crippen molar-refractivity contribution in [2.45, 2.75) is 18.9 Å². The average molecular weight is 373 g/mol. The highest BCUT2D eigenvalue weighted by molar-refractivity contribution is 9.10. The fourth-order valence-corrected chi connectivity index (χ4v) is 3.25. The third-order valence-electron chi connectivity index (χ3n) is 4.25. The van der Waals surface area contributed by atoms with Gasteiger partial charge in [0.2, 0.25) is 0 Å². The first-order valence-electron chi connectivity index (χ1n) is 8.06. The van der Waals surface area contributed by atoms with Gasteiger partial charge in [0, 0.05) is 16.6 Å². The Bertz CT molecular complexity index is 636. The first kappa shape index (κ1) is 16.2. The van der Waals surface area contributed by atoms with Crippen LogP contribution in [-0.2, 0) is 0 Å². The maximum Gasteiger partial charge on any atom is 0.251 e. The molecule has 2 aromatic rings. The minimum absolute atomic E-state index is 0.0189. The highest BCUT2D eigenvalue weighted by Gasteiger charge is 2.21. The van der Waals surface area contributed by atoms with E-state index in [0.29, 0.717) is 5.56 Å². The molecule has 0 aromatic heterocycles. The molecule has 1 N–H and O–H groups in total. The molecule has 0 radical (unpaired) electrons. The van der Waals surface area contributed by atoms with E-state index < -0.39 is 0 Å². The SMILES string of the molecule is O=C(NC(CN1CCCC1)c1ccccc1)c1ccc(Br)cc1. The normalized spacial score (nSPS) is 16.2. The van der Waals surface area contributed by atoms with Gasteiger partial charge >= 0.3 is 0 Å². The smallest absolute Gasteiger partial charge is 0.251 e. The molecular formula is C19H21BrN2O. The highest BCUT2D eigenvalue weighted by atomic mass is 79.9. The number of likely N-dealkylation sites (tertiary alicyclic amines) is 1. The summed E-state index contributed by atoms with van der Waals surface area (Å²) < 4.78 is 0.978. The summed E-state index contributed by atoms with van der Waals surface area (Å²) >= 11 is 3.40. The third-order valence-corrected chi connectivity index (χ3v) is 4.78. The number of halogens is 1. The van der Waals surface area contributed by atoms with Gasteiger partial charge in [0.25, 0.3) is 5.91 Å². The van der Waals surface area contributed by atoms with Crippen LogP contribution in [0.15, 0.2) is 59.1 Å². The van der Waals surface area contributed by atoms with Crippen LogP contribution in [0.5, 0.6) is 0 Å². The van der Waals surface area contributed by atoms with Crippen molar-refractivity contribution in [1.82, 2.24) is 10.2 Å². The summed E-state index contributed by atoms with van der Waals surface area (Å²) in [7, 11) is 0. The van der Waals surface area contributed by atoms with Crippen LogP contribution in [0.1, 0.15) is 34.8 Å². The predicted octanol–water partition coefficient (Wildman–Crippen LogP) is 4.02. The van der Waals surface area contributed by atoms with Crippen molar-refractivity contribution < 1.29 is 4.79 Å². The monoisotopic (exact) mass is 372 g/mol. The van der Waals surface area contributed by atoms with Gasteiger partial charge in [0.1, 0.15) is 0 Å². The molecular weight excluding hydrogens is 352 g/mol. The molecule has 120 valence electrons. The molecule has 0 saturated carbocycles. The van der Waals surface area contributed by atoms with Crippen molar-refractivity contribution in [3.8, 4) is 0 Å². The zero-order chi connectivity index (χ0) is 16.1. The number of amides is 1. The predicted molar refractivity (Wildman–Crippen MR) is 96.5 cm³/mol. The van der Waals surface area contributed by atoms with Crippen molar-refractivity contribution in [3.63, 3.8) is 0 Å². The molecule has 1 fully saturated rings. The van der Waals surface area contributed by atoms with E-state index in [9.17, 15) is 4.79 Å². The number of nitrogens with one attached hydrogen (secondary N) is 1. The van der Waals surface area contributed by atoms with Crippen molar-refractivity contribution >= 4 is 21.8 Å². The van der Waals surface area contributed by atoms with Gasteiger partial charge in [-0.3, -0.25) is 4.79 Å². The molecule has 3 rings (SSSR count). The number of carbonyl (C=O) groups is 1. The molecule has 0 bridgehead atoms. The molecule has 1 saturated heterocycles. The summed E-state index contributed by atoms with van der Waals surface area (Å²) in [5.41, 5.74) is 1.85. The molecule has 1 unspecified atom stereocenters. The van der Waals surface area contributed by atoms with Crippen LogP contribution in [-0.4, -0.2) is 30.4 Å². The lowest BCUT2D eigenvalue weighted by Gasteiger charge is -2.25. The quantitative estimate of drug-likeness (QED) is 0.859. The number of hydrogen-bond donors (Lipinski definition) is 1. The van der Waals surface area contributed by atoms with Crippen LogP contribution < -0.4 is 5.32 Å². The Hall–Kier alpha value is -1.65. The van der Waals surface area contributed by atoms with E-state index >= 15 is 0 Å². The fraction of sp³-hybridized carbons (Fsp3) is 0.316. The minimum Gasteiger partial charge on any atom is -0.344 e. The summed E-state index contributed by atoms with van der Waals surface area (Å²) in [5.74, 6) is -0.0226. The topological polar surface area (TPSA) is 32.3 Å². The zero-order valence-corrected chi connectivity index (χ0v) is 14.6. The van der Waals surface area contributed by atoms with Crippen molar-refractivity contribution in [1.29, 1.82) is 0 Å². The largest absolute Gasteiger partial charge is 0.344 e. The first-order valence-corrected chi connectivity index (χ1v) is 8.85. The third kappa shape index (κ3) is 4.43. The lowest BCUT2D eigenvalue weighted by molar-refractivity contribution is 0.0927. The molecule has 1 amide bonds. The van der Waals surface area contributed by atoms with E-state index in [-0.39, 0.29) is 11.9 Å². The van der Waals surface area contributed by atoms with Gasteiger partial charge in [-0.05, 0) is 55.8 Å². The Morgan fingerprint density at radius 2 is 1.70 bits per heavy atom. The molecule has 1 atom stereocenters. The molecule has 1 heterocycles. The molecule has 0 spiro atoms. The molecule has 3 nitrogen and oxygen atoms in total. The molecule has 1 aliphatic rings. The fourth-order valence-electron chi connectivity index (χ4n) is 2.99. The zero-order valence-electron chi connectivity index (χ0n) is 13.0. The van der Waals surface area contributed by atoms with Crippen molar-refractivity contribution in [3.05, 3.63) is 70.2 Å². The lowest BCUT2D eigenvalue weighted by atomic mass is 10.1. The Morgan fingerprint density at radius 1 is 1.04 bits per heavy atom. The molecule has 2 aromatic carbocycles. The van der Waals surface area contributed by atoms with E-state index in [1.807, 2.05) is 42.5 Å². The van der Waals surface area contributed by atoms with E-state index in [0.717, 1.165) is 29.7 Å². The van der Waals surface area contributed by atoms with E-state index in [1.165, 1.54) is 12.8 Å². The van der Waals surface area contributed by atoms with Crippen LogP contribution in [0.2, 0.25) is 0 Å². The van der Waals surface area contributed by atoms with Gasteiger partial charge in [0.05, 0.1) is 6.04 Å². The Kier molecular flexibility index (Phi) is 5.47. The minimum atomic E-state index is -0.0226. The summed E-state index contributed by atoms with van der Waals surface area (Å²) in [6.07, 6.45) is 2.50. The second-order valence-electron chi connectivity index (χ2n) is 5.95. The summed E-state index contributed by atoms with van der Waals surface area (Å²) in [6, 6.07) is 17.7. The van der Waals surface area contributed by atoms with Crippen LogP contribution in [0.4, 0.5) is 0 Å². The van der Waals surface area contributed by atoms with Gasteiger partial charge in [-0.2, -0.15) is 0 Å². The number of benzene rings is 2. The summed E-state index contributed by atoms with van der Waals surface area (Å²) in [6.45, 7) is 3.11. The number of hydrogen-bond acceptors (Lipinski definition) is 2. The van der Waals surface area contributed by atoms with Gasteiger partial charge in [-0.1, -0.05) is 46.3 Å². The number of carbonyl (C=O) groups excluding carboxylic acids is 1. The van der Waals surface area contributed by atoms with E-state index in [4.69, 9.17) is 0 Å². The van der Waals surface area contributed by atoms with Crippen molar-refractivity contribution in [2.24, 2.45) is 0 Å². The second kappa shape index (κ2) is 7.75. The molecule has 0 aliphatic carbocycles. The second-order valence-corrected chi connectivity index (χ2v) is 6.87. The first-order chi connectivity index (χ1) is 11.2. The Morgan fingerprint density at radius 3 is 2.35 bits per heavy atom. The molecule has 4 heteroatoms. The summed E-state index contributed by atoms with van der Waals surface area (Å²) in [5, 5.41) is 3.20. The van der Waals surface area contributed by atoms with Gasteiger partial charge < -0.3 is 10.2 Å². The standard InChI is InChI=1S/C19H21BrN2O/c20-17-10-8-16(9-11-17)19(23)21-18(14-22-12-4-5-13-22)15-6-2-1-3-7-15/h1-3,6-11,18H,4-5,12-14H2,(H,21,23). The van der Waals surface area contributed by atoms with Gasteiger partial charge in [0.15, 0.2) is 0 Å². The van der Waals surface area contributed by atoms with E-state index in [2.05, 4.69) is 38.3 Å². The summed E-state index contributed by atoms with van der Waals surface area (Å²) in [4.78, 5) is 15.0. The van der Waals surface area contributed by atoms with Gasteiger partial charge in [-0.15, -0.1) is 0 Å². The average Bonchev–Trinajstić information content (AvgIpc) is 3.09. The Balaban J connectivity index is 1.74. The van der Waals surface area contributed by atoms with Crippen LogP contribution in [0.25, 0.3) is 0 Å². The maximum absolute atomic E-state index is 12.6. The van der Waals surface area contributed by atoms with Crippen LogP contribution >= 0.6 is 15.9 Å². The van der Waals surface area contributed by atoms with Gasteiger partial charge in [-0.25, -0.2) is 0 Å². The van der Waals surface area contributed by atoms with Crippen LogP contribution in [0.3, 0.4) is 0 Å². The molecule has 1 aliphatic heterocycles.